The van der Waals surface area contributed by atoms with Gasteiger partial charge in [-0.05, 0) is 35.4 Å². The molecule has 142 valence electrons. The first kappa shape index (κ1) is 18.4. The van der Waals surface area contributed by atoms with E-state index in [-0.39, 0.29) is 11.6 Å². The molecule has 0 spiro atoms. The van der Waals surface area contributed by atoms with E-state index >= 15 is 0 Å². The lowest BCUT2D eigenvalue weighted by atomic mass is 10.1. The predicted molar refractivity (Wildman–Crippen MR) is 114 cm³/mol. The minimum absolute atomic E-state index is 0.0385. The lowest BCUT2D eigenvalue weighted by Crippen LogP contribution is -2.25. The SMILES string of the molecule is O=C1C(=CC=Cc2ccc([N+](=O)[O-])cc2)c2ccccc2N1Cc1ccccc1. The second-order valence-electron chi connectivity index (χ2n) is 6.68. The van der Waals surface area contributed by atoms with Crippen LogP contribution in [0.3, 0.4) is 0 Å². The van der Waals surface area contributed by atoms with Crippen molar-refractivity contribution >= 4 is 28.9 Å². The summed E-state index contributed by atoms with van der Waals surface area (Å²) in [5.41, 5.74) is 4.38. The first-order chi connectivity index (χ1) is 14.1. The smallest absolute Gasteiger partial charge is 0.269 e. The molecule has 4 rings (SSSR count). The Morgan fingerprint density at radius 3 is 2.31 bits per heavy atom. The Kier molecular flexibility index (Phi) is 5.03. The zero-order valence-electron chi connectivity index (χ0n) is 15.6. The molecule has 0 saturated heterocycles. The van der Waals surface area contributed by atoms with Crippen LogP contribution in [0, 0.1) is 10.1 Å². The van der Waals surface area contributed by atoms with Crippen LogP contribution in [0.5, 0.6) is 0 Å². The van der Waals surface area contributed by atoms with Crippen molar-refractivity contribution in [3.8, 4) is 0 Å². The third-order valence-electron chi connectivity index (χ3n) is 4.80. The molecule has 0 aromatic heterocycles. The number of anilines is 1. The number of para-hydroxylation sites is 1. The summed E-state index contributed by atoms with van der Waals surface area (Å²) >= 11 is 0. The molecule has 0 bridgehead atoms. The van der Waals surface area contributed by atoms with Gasteiger partial charge in [0, 0.05) is 23.3 Å². The van der Waals surface area contributed by atoms with Crippen molar-refractivity contribution in [1.29, 1.82) is 0 Å². The van der Waals surface area contributed by atoms with Crippen molar-refractivity contribution in [2.24, 2.45) is 0 Å². The molecule has 0 atom stereocenters. The molecule has 0 saturated carbocycles. The topological polar surface area (TPSA) is 63.4 Å². The third-order valence-corrected chi connectivity index (χ3v) is 4.80. The molecule has 0 fully saturated rings. The van der Waals surface area contributed by atoms with E-state index in [1.807, 2.05) is 60.7 Å². The number of nitrogens with zero attached hydrogens (tertiary/aromatic N) is 2. The Hall–Kier alpha value is -3.99. The number of benzene rings is 3. The summed E-state index contributed by atoms with van der Waals surface area (Å²) in [5, 5.41) is 10.8. The van der Waals surface area contributed by atoms with Crippen LogP contribution in [0.2, 0.25) is 0 Å². The van der Waals surface area contributed by atoms with Gasteiger partial charge in [0.15, 0.2) is 0 Å². The van der Waals surface area contributed by atoms with Gasteiger partial charge in [0.25, 0.3) is 11.6 Å². The number of nitro groups is 1. The highest BCUT2D eigenvalue weighted by atomic mass is 16.6. The maximum atomic E-state index is 13.1. The maximum absolute atomic E-state index is 13.1. The highest BCUT2D eigenvalue weighted by Gasteiger charge is 2.31. The van der Waals surface area contributed by atoms with Gasteiger partial charge in [-0.2, -0.15) is 0 Å². The normalized spacial score (nSPS) is 14.6. The Balaban J connectivity index is 1.60. The van der Waals surface area contributed by atoms with Gasteiger partial charge in [0.2, 0.25) is 0 Å². The Bertz CT molecular complexity index is 1120. The van der Waals surface area contributed by atoms with Crippen LogP contribution in [0.25, 0.3) is 11.6 Å². The molecule has 1 aliphatic rings. The van der Waals surface area contributed by atoms with Gasteiger partial charge in [0.1, 0.15) is 0 Å². The number of carbonyl (C=O) groups excluding carboxylic acids is 1. The molecule has 29 heavy (non-hydrogen) atoms. The van der Waals surface area contributed by atoms with Gasteiger partial charge in [-0.1, -0.05) is 60.7 Å². The maximum Gasteiger partial charge on any atom is 0.269 e. The molecule has 0 radical (unpaired) electrons. The van der Waals surface area contributed by atoms with Crippen molar-refractivity contribution in [2.45, 2.75) is 6.54 Å². The highest BCUT2D eigenvalue weighted by Crippen LogP contribution is 2.37. The van der Waals surface area contributed by atoms with Crippen LogP contribution in [-0.2, 0) is 11.3 Å². The second kappa shape index (κ2) is 7.94. The van der Waals surface area contributed by atoms with Crippen LogP contribution >= 0.6 is 0 Å². The molecule has 0 N–H and O–H groups in total. The van der Waals surface area contributed by atoms with Gasteiger partial charge < -0.3 is 4.90 Å². The zero-order chi connectivity index (χ0) is 20.2. The number of non-ortho nitro benzene ring substituents is 1. The second-order valence-corrected chi connectivity index (χ2v) is 6.68. The van der Waals surface area contributed by atoms with Crippen molar-refractivity contribution in [3.63, 3.8) is 0 Å². The summed E-state index contributed by atoms with van der Waals surface area (Å²) in [5.74, 6) is -0.0385. The van der Waals surface area contributed by atoms with E-state index in [2.05, 4.69) is 0 Å². The summed E-state index contributed by atoms with van der Waals surface area (Å²) in [7, 11) is 0. The average Bonchev–Trinajstić information content (AvgIpc) is 3.01. The Morgan fingerprint density at radius 2 is 1.59 bits per heavy atom. The van der Waals surface area contributed by atoms with Gasteiger partial charge in [-0.25, -0.2) is 0 Å². The summed E-state index contributed by atoms with van der Waals surface area (Å²) in [6, 6.07) is 23.9. The fraction of sp³-hybridized carbons (Fsp3) is 0.0417. The molecule has 1 aliphatic heterocycles. The van der Waals surface area contributed by atoms with E-state index in [4.69, 9.17) is 0 Å². The van der Waals surface area contributed by atoms with Crippen LogP contribution in [0.4, 0.5) is 11.4 Å². The minimum atomic E-state index is -0.426. The van der Waals surface area contributed by atoms with Gasteiger partial charge in [0.05, 0.1) is 17.2 Å². The van der Waals surface area contributed by atoms with Crippen molar-refractivity contribution in [3.05, 3.63) is 118 Å². The highest BCUT2D eigenvalue weighted by molar-refractivity contribution is 6.32. The Labute approximate surface area is 168 Å². The molecule has 5 heteroatoms. The van der Waals surface area contributed by atoms with Crippen LogP contribution in [0.1, 0.15) is 16.7 Å². The number of nitro benzene ring substituents is 1. The Morgan fingerprint density at radius 1 is 0.897 bits per heavy atom. The van der Waals surface area contributed by atoms with Gasteiger partial charge in [-0.15, -0.1) is 0 Å². The van der Waals surface area contributed by atoms with E-state index in [0.29, 0.717) is 12.1 Å². The fourth-order valence-corrected chi connectivity index (χ4v) is 3.35. The molecular formula is C24H18N2O3. The van der Waals surface area contributed by atoms with E-state index < -0.39 is 4.92 Å². The largest absolute Gasteiger partial charge is 0.303 e. The number of hydrogen-bond donors (Lipinski definition) is 0. The van der Waals surface area contributed by atoms with Crippen molar-refractivity contribution < 1.29 is 9.72 Å². The third kappa shape index (κ3) is 3.84. The van der Waals surface area contributed by atoms with Crippen LogP contribution in [0.15, 0.2) is 91.0 Å². The van der Waals surface area contributed by atoms with E-state index in [1.54, 1.807) is 29.2 Å². The molecule has 3 aromatic carbocycles. The average molecular weight is 382 g/mol. The number of rotatable bonds is 5. The van der Waals surface area contributed by atoms with E-state index in [0.717, 1.165) is 22.4 Å². The number of hydrogen-bond acceptors (Lipinski definition) is 3. The number of fused-ring (bicyclic) bond motifs is 1. The monoisotopic (exact) mass is 382 g/mol. The van der Waals surface area contributed by atoms with E-state index in [9.17, 15) is 14.9 Å². The first-order valence-corrected chi connectivity index (χ1v) is 9.21. The lowest BCUT2D eigenvalue weighted by molar-refractivity contribution is -0.384. The van der Waals surface area contributed by atoms with Crippen LogP contribution < -0.4 is 4.90 Å². The summed E-state index contributed by atoms with van der Waals surface area (Å²) in [4.78, 5) is 25.2. The fourth-order valence-electron chi connectivity index (χ4n) is 3.35. The van der Waals surface area contributed by atoms with Crippen LogP contribution in [-0.4, -0.2) is 10.8 Å². The minimum Gasteiger partial charge on any atom is -0.303 e. The number of allylic oxidation sites excluding steroid dienone is 2. The van der Waals surface area contributed by atoms with Crippen molar-refractivity contribution in [1.82, 2.24) is 0 Å². The standard InChI is InChI=1S/C24H18N2O3/c27-24-22(11-6-9-18-13-15-20(16-14-18)26(28)29)21-10-4-5-12-23(21)25(24)17-19-7-2-1-3-8-19/h1-16H,17H2. The molecule has 1 heterocycles. The summed E-state index contributed by atoms with van der Waals surface area (Å²) in [6.45, 7) is 0.514. The lowest BCUT2D eigenvalue weighted by Gasteiger charge is -2.17. The molecule has 1 amide bonds. The number of carbonyl (C=O) groups is 1. The van der Waals surface area contributed by atoms with Gasteiger partial charge in [-0.3, -0.25) is 14.9 Å². The molecule has 5 nitrogen and oxygen atoms in total. The molecular weight excluding hydrogens is 364 g/mol. The summed E-state index contributed by atoms with van der Waals surface area (Å²) in [6.07, 6.45) is 5.43. The number of amides is 1. The van der Waals surface area contributed by atoms with Gasteiger partial charge >= 0.3 is 0 Å². The zero-order valence-corrected chi connectivity index (χ0v) is 15.6. The molecule has 0 unspecified atom stereocenters. The van der Waals surface area contributed by atoms with Crippen molar-refractivity contribution in [2.75, 3.05) is 4.90 Å². The molecule has 3 aromatic rings. The summed E-state index contributed by atoms with van der Waals surface area (Å²) < 4.78 is 0. The predicted octanol–water partition coefficient (Wildman–Crippen LogP) is 5.24. The van der Waals surface area contributed by atoms with E-state index in [1.165, 1.54) is 12.1 Å². The molecule has 0 aliphatic carbocycles. The first-order valence-electron chi connectivity index (χ1n) is 9.21. The quantitative estimate of drug-likeness (QED) is 0.344.